The summed E-state index contributed by atoms with van der Waals surface area (Å²) in [6.45, 7) is 5.65. The molecule has 0 aromatic rings. The molecule has 1 saturated heterocycles. The molecule has 3 heteroatoms. The van der Waals surface area contributed by atoms with E-state index in [-0.39, 0.29) is 12.3 Å². The Labute approximate surface area is 80.4 Å². The second-order valence-electron chi connectivity index (χ2n) is 3.98. The van der Waals surface area contributed by atoms with E-state index >= 15 is 0 Å². The molecule has 0 bridgehead atoms. The third-order valence-corrected chi connectivity index (χ3v) is 3.07. The standard InChI is InChI=1S/C10H21NO2/c1-3-10(13)9-4-6-11(7-5-9)8(2)12/h8-10,12-13H,3-7H2,1-2H3. The van der Waals surface area contributed by atoms with E-state index in [0.29, 0.717) is 5.92 Å². The van der Waals surface area contributed by atoms with E-state index in [4.69, 9.17) is 0 Å². The third kappa shape index (κ3) is 2.93. The van der Waals surface area contributed by atoms with Gasteiger partial charge in [0.15, 0.2) is 0 Å². The normalized spacial score (nSPS) is 25.8. The minimum atomic E-state index is -0.334. The van der Waals surface area contributed by atoms with Crippen molar-refractivity contribution in [2.75, 3.05) is 13.1 Å². The smallest absolute Gasteiger partial charge is 0.104 e. The van der Waals surface area contributed by atoms with E-state index in [1.54, 1.807) is 6.92 Å². The molecular formula is C10H21NO2. The van der Waals surface area contributed by atoms with E-state index in [9.17, 15) is 10.2 Å². The highest BCUT2D eigenvalue weighted by atomic mass is 16.3. The van der Waals surface area contributed by atoms with E-state index in [1.165, 1.54) is 0 Å². The lowest BCUT2D eigenvalue weighted by atomic mass is 9.90. The first-order valence-electron chi connectivity index (χ1n) is 5.25. The van der Waals surface area contributed by atoms with Crippen LogP contribution in [0.2, 0.25) is 0 Å². The summed E-state index contributed by atoms with van der Waals surface area (Å²) in [4.78, 5) is 2.05. The number of piperidine rings is 1. The van der Waals surface area contributed by atoms with E-state index < -0.39 is 0 Å². The Bertz CT molecular complexity index is 142. The van der Waals surface area contributed by atoms with Gasteiger partial charge in [0.2, 0.25) is 0 Å². The maximum Gasteiger partial charge on any atom is 0.104 e. The number of aliphatic hydroxyl groups is 2. The fourth-order valence-corrected chi connectivity index (χ4v) is 2.01. The van der Waals surface area contributed by atoms with Gasteiger partial charge in [0.05, 0.1) is 6.10 Å². The number of hydrogen-bond acceptors (Lipinski definition) is 3. The van der Waals surface area contributed by atoms with Crippen LogP contribution >= 0.6 is 0 Å². The second-order valence-corrected chi connectivity index (χ2v) is 3.98. The van der Waals surface area contributed by atoms with Gasteiger partial charge in [-0.1, -0.05) is 6.92 Å². The average Bonchev–Trinajstić information content (AvgIpc) is 2.17. The maximum absolute atomic E-state index is 9.63. The zero-order valence-electron chi connectivity index (χ0n) is 8.61. The number of rotatable bonds is 3. The van der Waals surface area contributed by atoms with Gasteiger partial charge in [0.1, 0.15) is 6.23 Å². The van der Waals surface area contributed by atoms with Crippen LogP contribution in [0.25, 0.3) is 0 Å². The topological polar surface area (TPSA) is 43.7 Å². The number of aliphatic hydroxyl groups excluding tert-OH is 2. The molecule has 1 aliphatic rings. The van der Waals surface area contributed by atoms with Crippen LogP contribution in [0.3, 0.4) is 0 Å². The van der Waals surface area contributed by atoms with Crippen molar-refractivity contribution < 1.29 is 10.2 Å². The Morgan fingerprint density at radius 3 is 2.23 bits per heavy atom. The van der Waals surface area contributed by atoms with Gasteiger partial charge in [-0.25, -0.2) is 0 Å². The molecule has 0 spiro atoms. The fourth-order valence-electron chi connectivity index (χ4n) is 2.01. The molecule has 2 atom stereocenters. The summed E-state index contributed by atoms with van der Waals surface area (Å²) in [6.07, 6.45) is 2.40. The fraction of sp³-hybridized carbons (Fsp3) is 1.00. The quantitative estimate of drug-likeness (QED) is 0.687. The molecule has 0 aromatic carbocycles. The summed E-state index contributed by atoms with van der Waals surface area (Å²) in [5.74, 6) is 0.444. The van der Waals surface area contributed by atoms with Crippen LogP contribution in [0.5, 0.6) is 0 Å². The summed E-state index contributed by atoms with van der Waals surface area (Å²) in [5, 5.41) is 18.9. The highest BCUT2D eigenvalue weighted by Gasteiger charge is 2.25. The van der Waals surface area contributed by atoms with Gasteiger partial charge in [-0.15, -0.1) is 0 Å². The van der Waals surface area contributed by atoms with Gasteiger partial charge in [-0.3, -0.25) is 4.90 Å². The molecule has 1 aliphatic heterocycles. The number of nitrogens with zero attached hydrogens (tertiary/aromatic N) is 1. The summed E-state index contributed by atoms with van der Waals surface area (Å²) in [7, 11) is 0. The lowest BCUT2D eigenvalue weighted by molar-refractivity contribution is -0.0229. The van der Waals surface area contributed by atoms with Crippen molar-refractivity contribution in [1.82, 2.24) is 4.90 Å². The first-order chi connectivity index (χ1) is 6.15. The molecule has 1 rings (SSSR count). The molecule has 1 heterocycles. The Hall–Kier alpha value is -0.120. The first kappa shape index (κ1) is 11.0. The van der Waals surface area contributed by atoms with Crippen molar-refractivity contribution >= 4 is 0 Å². The van der Waals surface area contributed by atoms with Crippen LogP contribution in [0.4, 0.5) is 0 Å². The van der Waals surface area contributed by atoms with Crippen molar-refractivity contribution in [3.8, 4) is 0 Å². The molecule has 0 aromatic heterocycles. The lowest BCUT2D eigenvalue weighted by Gasteiger charge is -2.35. The van der Waals surface area contributed by atoms with Gasteiger partial charge in [-0.2, -0.15) is 0 Å². The second kappa shape index (κ2) is 4.94. The predicted molar refractivity (Wildman–Crippen MR) is 52.3 cm³/mol. The third-order valence-electron chi connectivity index (χ3n) is 3.07. The minimum absolute atomic E-state index is 0.142. The Balaban J connectivity index is 2.30. The van der Waals surface area contributed by atoms with Crippen LogP contribution < -0.4 is 0 Å². The molecule has 13 heavy (non-hydrogen) atoms. The first-order valence-corrected chi connectivity index (χ1v) is 5.25. The van der Waals surface area contributed by atoms with Crippen LogP contribution in [0, 0.1) is 5.92 Å². The maximum atomic E-state index is 9.63. The van der Waals surface area contributed by atoms with Gasteiger partial charge in [0.25, 0.3) is 0 Å². The molecule has 2 unspecified atom stereocenters. The van der Waals surface area contributed by atoms with Gasteiger partial charge in [0, 0.05) is 13.1 Å². The minimum Gasteiger partial charge on any atom is -0.393 e. The molecule has 2 N–H and O–H groups in total. The predicted octanol–water partition coefficient (Wildman–Crippen LogP) is 0.808. The largest absolute Gasteiger partial charge is 0.393 e. The van der Waals surface area contributed by atoms with Gasteiger partial charge < -0.3 is 10.2 Å². The van der Waals surface area contributed by atoms with E-state index in [1.807, 2.05) is 6.92 Å². The molecular weight excluding hydrogens is 166 g/mol. The summed E-state index contributed by atoms with van der Waals surface area (Å²) < 4.78 is 0. The van der Waals surface area contributed by atoms with Crippen molar-refractivity contribution in [2.45, 2.75) is 45.4 Å². The van der Waals surface area contributed by atoms with Crippen molar-refractivity contribution in [3.05, 3.63) is 0 Å². The summed E-state index contributed by atoms with van der Waals surface area (Å²) >= 11 is 0. The van der Waals surface area contributed by atoms with Gasteiger partial charge in [-0.05, 0) is 32.1 Å². The SMILES string of the molecule is CCC(O)C1CCN(C(C)O)CC1. The van der Waals surface area contributed by atoms with E-state index in [2.05, 4.69) is 4.90 Å². The Kier molecular flexibility index (Phi) is 4.16. The van der Waals surface area contributed by atoms with Crippen LogP contribution in [0.1, 0.15) is 33.1 Å². The lowest BCUT2D eigenvalue weighted by Crippen LogP contribution is -2.42. The number of likely N-dealkylation sites (tertiary alicyclic amines) is 1. The molecule has 0 amide bonds. The highest BCUT2D eigenvalue weighted by Crippen LogP contribution is 2.22. The molecule has 0 aliphatic carbocycles. The van der Waals surface area contributed by atoms with Crippen LogP contribution in [-0.2, 0) is 0 Å². The average molecular weight is 187 g/mol. The molecule has 0 saturated carbocycles. The summed E-state index contributed by atoms with van der Waals surface area (Å²) in [6, 6.07) is 0. The Morgan fingerprint density at radius 2 is 1.85 bits per heavy atom. The van der Waals surface area contributed by atoms with Crippen molar-refractivity contribution in [3.63, 3.8) is 0 Å². The van der Waals surface area contributed by atoms with Crippen LogP contribution in [0.15, 0.2) is 0 Å². The van der Waals surface area contributed by atoms with E-state index in [0.717, 1.165) is 32.4 Å². The molecule has 1 fully saturated rings. The van der Waals surface area contributed by atoms with Gasteiger partial charge >= 0.3 is 0 Å². The Morgan fingerprint density at radius 1 is 1.31 bits per heavy atom. The van der Waals surface area contributed by atoms with Crippen molar-refractivity contribution in [1.29, 1.82) is 0 Å². The molecule has 78 valence electrons. The summed E-state index contributed by atoms with van der Waals surface area (Å²) in [5.41, 5.74) is 0. The molecule has 3 nitrogen and oxygen atoms in total. The monoisotopic (exact) mass is 187 g/mol. The van der Waals surface area contributed by atoms with Crippen molar-refractivity contribution in [2.24, 2.45) is 5.92 Å². The zero-order valence-corrected chi connectivity index (χ0v) is 8.61. The number of hydrogen-bond donors (Lipinski definition) is 2. The van der Waals surface area contributed by atoms with Crippen LogP contribution in [-0.4, -0.2) is 40.5 Å². The highest BCUT2D eigenvalue weighted by molar-refractivity contribution is 4.76. The zero-order chi connectivity index (χ0) is 9.84. The molecule has 0 radical (unpaired) electrons.